The zero-order chi connectivity index (χ0) is 17.6. The molecule has 2 heterocycles. The minimum atomic E-state index is -0.111. The number of thioether (sulfide) groups is 1. The lowest BCUT2D eigenvalue weighted by atomic mass is 10.1. The van der Waals surface area contributed by atoms with Gasteiger partial charge in [-0.2, -0.15) is 5.10 Å². The molecular weight excluding hydrogens is 334 g/mol. The number of aromatic nitrogens is 4. The highest BCUT2D eigenvalue weighted by Crippen LogP contribution is 2.21. The van der Waals surface area contributed by atoms with Gasteiger partial charge in [0.15, 0.2) is 5.16 Å². The second kappa shape index (κ2) is 8.02. The molecule has 0 aliphatic carbocycles. The van der Waals surface area contributed by atoms with E-state index >= 15 is 0 Å². The number of aromatic amines is 1. The molecule has 1 amide bonds. The summed E-state index contributed by atoms with van der Waals surface area (Å²) in [7, 11) is 0. The van der Waals surface area contributed by atoms with Gasteiger partial charge in [-0.1, -0.05) is 30.0 Å². The van der Waals surface area contributed by atoms with Gasteiger partial charge in [0.1, 0.15) is 5.69 Å². The second-order valence-corrected chi connectivity index (χ2v) is 6.45. The quantitative estimate of drug-likeness (QED) is 0.505. The van der Waals surface area contributed by atoms with Gasteiger partial charge in [-0.15, -0.1) is 0 Å². The van der Waals surface area contributed by atoms with Crippen molar-refractivity contribution < 1.29 is 4.79 Å². The third-order valence-electron chi connectivity index (χ3n) is 4.00. The predicted molar refractivity (Wildman–Crippen MR) is 99.3 cm³/mol. The van der Waals surface area contributed by atoms with Gasteiger partial charge in [-0.25, -0.2) is 4.98 Å². The Hall–Kier alpha value is -2.54. The lowest BCUT2D eigenvalue weighted by Gasteiger charge is -2.11. The molecule has 0 unspecified atom stereocenters. The Morgan fingerprint density at radius 2 is 2.08 bits per heavy atom. The van der Waals surface area contributed by atoms with Crippen LogP contribution in [-0.2, 0) is 6.42 Å². The lowest BCUT2D eigenvalue weighted by Crippen LogP contribution is -2.27. The highest BCUT2D eigenvalue weighted by Gasteiger charge is 2.17. The van der Waals surface area contributed by atoms with Gasteiger partial charge in [0.2, 0.25) is 0 Å². The van der Waals surface area contributed by atoms with E-state index in [9.17, 15) is 4.79 Å². The number of amides is 1. The summed E-state index contributed by atoms with van der Waals surface area (Å²) < 4.78 is 1.89. The monoisotopic (exact) mass is 355 g/mol. The van der Waals surface area contributed by atoms with Crippen LogP contribution >= 0.6 is 11.8 Å². The molecule has 0 saturated heterocycles. The van der Waals surface area contributed by atoms with E-state index in [1.807, 2.05) is 54.3 Å². The van der Waals surface area contributed by atoms with Gasteiger partial charge in [0.05, 0.1) is 12.4 Å². The number of aryl methyl sites for hydroxylation is 2. The molecule has 2 aromatic heterocycles. The van der Waals surface area contributed by atoms with Crippen LogP contribution in [0.3, 0.4) is 0 Å². The van der Waals surface area contributed by atoms with Crippen molar-refractivity contribution in [3.05, 3.63) is 59.7 Å². The first-order valence-corrected chi connectivity index (χ1v) is 9.37. The van der Waals surface area contributed by atoms with E-state index in [1.165, 1.54) is 17.3 Å². The van der Waals surface area contributed by atoms with Crippen LogP contribution in [0, 0.1) is 6.92 Å². The Balaban J connectivity index is 1.66. The summed E-state index contributed by atoms with van der Waals surface area (Å²) in [5.74, 6) is -0.111. The summed E-state index contributed by atoms with van der Waals surface area (Å²) in [5.41, 5.74) is 3.75. The highest BCUT2D eigenvalue weighted by molar-refractivity contribution is 7.98. The topological polar surface area (TPSA) is 75.6 Å². The number of para-hydroxylation sites is 1. The summed E-state index contributed by atoms with van der Waals surface area (Å²) >= 11 is 1.52. The number of imidazole rings is 1. The summed E-state index contributed by atoms with van der Waals surface area (Å²) in [6.07, 6.45) is 7.18. The van der Waals surface area contributed by atoms with Gasteiger partial charge in [-0.3, -0.25) is 14.5 Å². The van der Waals surface area contributed by atoms with E-state index in [2.05, 4.69) is 20.5 Å². The van der Waals surface area contributed by atoms with Crippen molar-refractivity contribution >= 4 is 17.7 Å². The highest BCUT2D eigenvalue weighted by atomic mass is 32.2. The number of hydrogen-bond acceptors (Lipinski definition) is 4. The van der Waals surface area contributed by atoms with Crippen LogP contribution in [-0.4, -0.2) is 38.5 Å². The van der Waals surface area contributed by atoms with Gasteiger partial charge >= 0.3 is 0 Å². The zero-order valence-corrected chi connectivity index (χ0v) is 15.1. The number of H-pyrrole nitrogens is 1. The van der Waals surface area contributed by atoms with Crippen LogP contribution in [0.1, 0.15) is 28.2 Å². The number of carbonyl (C=O) groups excluding carboxylic acids is 1. The molecule has 0 saturated carbocycles. The fourth-order valence-electron chi connectivity index (χ4n) is 2.66. The van der Waals surface area contributed by atoms with Crippen molar-refractivity contribution in [3.63, 3.8) is 0 Å². The largest absolute Gasteiger partial charge is 0.351 e. The zero-order valence-electron chi connectivity index (χ0n) is 14.3. The number of carbonyl (C=O) groups is 1. The molecule has 6 nitrogen and oxygen atoms in total. The van der Waals surface area contributed by atoms with Crippen molar-refractivity contribution in [2.24, 2.45) is 0 Å². The Labute approximate surface area is 151 Å². The van der Waals surface area contributed by atoms with E-state index in [-0.39, 0.29) is 5.91 Å². The third kappa shape index (κ3) is 3.93. The summed E-state index contributed by atoms with van der Waals surface area (Å²) in [6, 6.07) is 9.80. The molecule has 3 aromatic rings. The molecule has 0 fully saturated rings. The number of nitrogens with one attached hydrogen (secondary N) is 2. The molecule has 1 aromatic carbocycles. The normalized spacial score (nSPS) is 10.8. The number of benzene rings is 1. The van der Waals surface area contributed by atoms with Crippen molar-refractivity contribution in [1.29, 1.82) is 0 Å². The van der Waals surface area contributed by atoms with Crippen LogP contribution in [0.4, 0.5) is 0 Å². The summed E-state index contributed by atoms with van der Waals surface area (Å²) in [5, 5.41) is 10.7. The van der Waals surface area contributed by atoms with Crippen molar-refractivity contribution in [1.82, 2.24) is 25.1 Å². The van der Waals surface area contributed by atoms with Crippen LogP contribution in [0.2, 0.25) is 0 Å². The Bertz CT molecular complexity index is 840. The first-order valence-electron chi connectivity index (χ1n) is 8.15. The number of hydrogen-bond donors (Lipinski definition) is 2. The maximum absolute atomic E-state index is 12.6. The number of rotatable bonds is 7. The van der Waals surface area contributed by atoms with E-state index in [0.29, 0.717) is 12.2 Å². The van der Waals surface area contributed by atoms with Crippen molar-refractivity contribution in [2.75, 3.05) is 12.8 Å². The van der Waals surface area contributed by atoms with Crippen molar-refractivity contribution in [3.8, 4) is 5.69 Å². The van der Waals surface area contributed by atoms with Gasteiger partial charge < -0.3 is 5.32 Å². The second-order valence-electron chi connectivity index (χ2n) is 5.68. The van der Waals surface area contributed by atoms with E-state index in [4.69, 9.17) is 0 Å². The molecule has 130 valence electrons. The SMILES string of the molecule is CSc1ncc(C(=O)NCCCc2cn[nH]c2C)n1-c1ccccc1. The van der Waals surface area contributed by atoms with E-state index in [1.54, 1.807) is 6.20 Å². The molecule has 3 rings (SSSR count). The molecule has 0 atom stereocenters. The Kier molecular flexibility index (Phi) is 5.55. The van der Waals surface area contributed by atoms with Gasteiger partial charge in [0, 0.05) is 17.9 Å². The third-order valence-corrected chi connectivity index (χ3v) is 4.65. The van der Waals surface area contributed by atoms with E-state index in [0.717, 1.165) is 29.4 Å². The predicted octanol–water partition coefficient (Wildman–Crippen LogP) is 2.99. The molecular formula is C18H21N5OS. The maximum atomic E-state index is 12.6. The molecule has 2 N–H and O–H groups in total. The fourth-order valence-corrected chi connectivity index (χ4v) is 3.21. The first kappa shape index (κ1) is 17.3. The maximum Gasteiger partial charge on any atom is 0.269 e. The molecule has 0 aliphatic rings. The molecule has 0 aliphatic heterocycles. The van der Waals surface area contributed by atoms with Gasteiger partial charge in [0.25, 0.3) is 5.91 Å². The minimum absolute atomic E-state index is 0.111. The Morgan fingerprint density at radius 1 is 1.28 bits per heavy atom. The average molecular weight is 355 g/mol. The standard InChI is InChI=1S/C18H21N5OS/c1-13-14(11-21-22-13)7-6-10-19-17(24)16-12-20-18(25-2)23(16)15-8-4-3-5-9-15/h3-5,8-9,11-12H,6-7,10H2,1-2H3,(H,19,24)(H,21,22). The van der Waals surface area contributed by atoms with Crippen molar-refractivity contribution in [2.45, 2.75) is 24.9 Å². The minimum Gasteiger partial charge on any atom is -0.351 e. The molecule has 0 spiro atoms. The van der Waals surface area contributed by atoms with Crippen LogP contribution in [0.5, 0.6) is 0 Å². The smallest absolute Gasteiger partial charge is 0.269 e. The van der Waals surface area contributed by atoms with Crippen LogP contribution in [0.25, 0.3) is 5.69 Å². The molecule has 0 bridgehead atoms. The van der Waals surface area contributed by atoms with E-state index < -0.39 is 0 Å². The Morgan fingerprint density at radius 3 is 2.76 bits per heavy atom. The average Bonchev–Trinajstić information content (AvgIpc) is 3.25. The van der Waals surface area contributed by atoms with Crippen LogP contribution < -0.4 is 5.32 Å². The lowest BCUT2D eigenvalue weighted by molar-refractivity contribution is 0.0946. The molecule has 7 heteroatoms. The molecule has 25 heavy (non-hydrogen) atoms. The molecule has 0 radical (unpaired) electrons. The summed E-state index contributed by atoms with van der Waals surface area (Å²) in [4.78, 5) is 17.0. The first-order chi connectivity index (χ1) is 12.2. The fraction of sp³-hybridized carbons (Fsp3) is 0.278. The summed E-state index contributed by atoms with van der Waals surface area (Å²) in [6.45, 7) is 2.61. The number of nitrogens with zero attached hydrogens (tertiary/aromatic N) is 3. The van der Waals surface area contributed by atoms with Crippen LogP contribution in [0.15, 0.2) is 47.9 Å². The van der Waals surface area contributed by atoms with Gasteiger partial charge in [-0.05, 0) is 43.7 Å².